The third-order valence-electron chi connectivity index (χ3n) is 3.79. The summed E-state index contributed by atoms with van der Waals surface area (Å²) in [5, 5.41) is 0. The second-order valence-corrected chi connectivity index (χ2v) is 4.98. The molecule has 0 aromatic heterocycles. The van der Waals surface area contributed by atoms with Crippen LogP contribution in [0.2, 0.25) is 0 Å². The summed E-state index contributed by atoms with van der Waals surface area (Å²) < 4.78 is 5.11. The Labute approximate surface area is 121 Å². The average molecular weight is 278 g/mol. The zero-order valence-corrected chi connectivity index (χ0v) is 13.0. The largest absolute Gasteiger partial charge is 0.497 e. The van der Waals surface area contributed by atoms with E-state index in [-0.39, 0.29) is 5.91 Å². The molecular formula is C16H26N2O2. The number of nitrogens with two attached hydrogens (primary N) is 1. The fourth-order valence-electron chi connectivity index (χ4n) is 2.25. The highest BCUT2D eigenvalue weighted by Gasteiger charge is 2.19. The second kappa shape index (κ2) is 7.78. The molecule has 0 aliphatic carbocycles. The van der Waals surface area contributed by atoms with Crippen LogP contribution in [0.4, 0.5) is 5.69 Å². The predicted octanol–water partition coefficient (Wildman–Crippen LogP) is 3.18. The molecule has 4 nitrogen and oxygen atoms in total. The molecular weight excluding hydrogens is 252 g/mol. The van der Waals surface area contributed by atoms with E-state index in [1.54, 1.807) is 25.3 Å². The van der Waals surface area contributed by atoms with Crippen LogP contribution in [-0.2, 0) is 0 Å². The molecule has 1 amide bonds. The van der Waals surface area contributed by atoms with E-state index in [1.165, 1.54) is 0 Å². The van der Waals surface area contributed by atoms with Gasteiger partial charge in [-0.05, 0) is 25.0 Å². The van der Waals surface area contributed by atoms with Crippen molar-refractivity contribution in [2.24, 2.45) is 5.92 Å². The number of ether oxygens (including phenoxy) is 1. The van der Waals surface area contributed by atoms with E-state index in [4.69, 9.17) is 10.5 Å². The van der Waals surface area contributed by atoms with E-state index in [0.717, 1.165) is 19.4 Å². The molecule has 1 rings (SSSR count). The van der Waals surface area contributed by atoms with Crippen molar-refractivity contribution in [2.45, 2.75) is 33.6 Å². The number of nitrogens with zero attached hydrogens (tertiary/aromatic N) is 1. The van der Waals surface area contributed by atoms with Crippen molar-refractivity contribution in [1.29, 1.82) is 0 Å². The first kappa shape index (κ1) is 16.3. The molecule has 1 aromatic carbocycles. The number of methoxy groups -OCH3 is 1. The Kier molecular flexibility index (Phi) is 6.36. The molecule has 0 bridgehead atoms. The summed E-state index contributed by atoms with van der Waals surface area (Å²) in [5.41, 5.74) is 6.98. The first-order valence-corrected chi connectivity index (χ1v) is 7.30. The van der Waals surface area contributed by atoms with Crippen molar-refractivity contribution in [1.82, 2.24) is 4.90 Å². The van der Waals surface area contributed by atoms with E-state index >= 15 is 0 Å². The molecule has 0 aliphatic heterocycles. The van der Waals surface area contributed by atoms with Crippen molar-refractivity contribution < 1.29 is 9.53 Å². The first-order chi connectivity index (χ1) is 9.57. The van der Waals surface area contributed by atoms with Crippen LogP contribution in [0.25, 0.3) is 0 Å². The minimum absolute atomic E-state index is 0.000414. The van der Waals surface area contributed by atoms with Crippen LogP contribution < -0.4 is 10.5 Å². The molecule has 0 fully saturated rings. The number of hydrogen-bond donors (Lipinski definition) is 1. The van der Waals surface area contributed by atoms with Crippen LogP contribution in [0.1, 0.15) is 44.0 Å². The zero-order valence-electron chi connectivity index (χ0n) is 13.0. The van der Waals surface area contributed by atoms with E-state index in [9.17, 15) is 4.79 Å². The summed E-state index contributed by atoms with van der Waals surface area (Å²) in [5.74, 6) is 1.21. The maximum atomic E-state index is 12.6. The number of carbonyl (C=O) groups excluding carboxylic acids is 1. The highest BCUT2D eigenvalue weighted by molar-refractivity contribution is 5.99. The van der Waals surface area contributed by atoms with Gasteiger partial charge in [-0.1, -0.05) is 26.7 Å². The Hall–Kier alpha value is -1.71. The summed E-state index contributed by atoms with van der Waals surface area (Å²) in [7, 11) is 1.59. The molecule has 2 N–H and O–H groups in total. The predicted molar refractivity (Wildman–Crippen MR) is 83.1 cm³/mol. The van der Waals surface area contributed by atoms with E-state index in [1.807, 2.05) is 11.8 Å². The SMILES string of the molecule is CCC(CC)CN(CC)C(=O)c1ccc(OC)cc1N. The summed E-state index contributed by atoms with van der Waals surface area (Å²) >= 11 is 0. The van der Waals surface area contributed by atoms with Gasteiger partial charge in [0.15, 0.2) is 0 Å². The van der Waals surface area contributed by atoms with Crippen LogP contribution in [-0.4, -0.2) is 31.0 Å². The minimum atomic E-state index is -0.000414. The molecule has 0 spiro atoms. The highest BCUT2D eigenvalue weighted by Crippen LogP contribution is 2.22. The lowest BCUT2D eigenvalue weighted by molar-refractivity contribution is 0.0736. The van der Waals surface area contributed by atoms with Gasteiger partial charge in [0.2, 0.25) is 0 Å². The van der Waals surface area contributed by atoms with Crippen LogP contribution >= 0.6 is 0 Å². The van der Waals surface area contributed by atoms with Crippen LogP contribution in [0.15, 0.2) is 18.2 Å². The Morgan fingerprint density at radius 2 is 1.95 bits per heavy atom. The van der Waals surface area contributed by atoms with Crippen LogP contribution in [0, 0.1) is 5.92 Å². The standard InChI is InChI=1S/C16H26N2O2/c1-5-12(6-2)11-18(7-3)16(19)14-9-8-13(20-4)10-15(14)17/h8-10,12H,5-7,11,17H2,1-4H3. The quantitative estimate of drug-likeness (QED) is 0.779. The van der Waals surface area contributed by atoms with Crippen LogP contribution in [0.5, 0.6) is 5.75 Å². The number of carbonyl (C=O) groups is 1. The van der Waals surface area contributed by atoms with Gasteiger partial charge in [0.1, 0.15) is 5.75 Å². The van der Waals surface area contributed by atoms with Crippen LogP contribution in [0.3, 0.4) is 0 Å². The molecule has 0 aliphatic rings. The Morgan fingerprint density at radius 1 is 1.30 bits per heavy atom. The average Bonchev–Trinajstić information content (AvgIpc) is 2.47. The normalized spacial score (nSPS) is 10.7. The van der Waals surface area contributed by atoms with E-state index in [0.29, 0.717) is 29.5 Å². The molecule has 4 heteroatoms. The van der Waals surface area contributed by atoms with E-state index < -0.39 is 0 Å². The summed E-state index contributed by atoms with van der Waals surface area (Å²) in [4.78, 5) is 14.4. The molecule has 0 radical (unpaired) electrons. The van der Waals surface area contributed by atoms with E-state index in [2.05, 4.69) is 13.8 Å². The number of rotatable bonds is 7. The van der Waals surface area contributed by atoms with Gasteiger partial charge < -0.3 is 15.4 Å². The third kappa shape index (κ3) is 3.89. The van der Waals surface area contributed by atoms with Crippen molar-refractivity contribution >= 4 is 11.6 Å². The molecule has 112 valence electrons. The minimum Gasteiger partial charge on any atom is -0.497 e. The van der Waals surface area contributed by atoms with Gasteiger partial charge in [0, 0.05) is 24.8 Å². The second-order valence-electron chi connectivity index (χ2n) is 4.98. The number of anilines is 1. The number of hydrogen-bond acceptors (Lipinski definition) is 3. The topological polar surface area (TPSA) is 55.6 Å². The van der Waals surface area contributed by atoms with Gasteiger partial charge >= 0.3 is 0 Å². The van der Waals surface area contributed by atoms with Crippen molar-refractivity contribution in [3.05, 3.63) is 23.8 Å². The van der Waals surface area contributed by atoms with Crippen molar-refractivity contribution in [3.8, 4) is 5.75 Å². The summed E-state index contributed by atoms with van der Waals surface area (Å²) in [6.45, 7) is 7.80. The molecule has 1 aromatic rings. The molecule has 0 saturated heterocycles. The number of amides is 1. The first-order valence-electron chi connectivity index (χ1n) is 7.30. The number of benzene rings is 1. The number of nitrogen functional groups attached to an aromatic ring is 1. The van der Waals surface area contributed by atoms with Gasteiger partial charge in [-0.2, -0.15) is 0 Å². The fourth-order valence-corrected chi connectivity index (χ4v) is 2.25. The summed E-state index contributed by atoms with van der Waals surface area (Å²) in [6.07, 6.45) is 2.16. The lowest BCUT2D eigenvalue weighted by Gasteiger charge is -2.26. The Balaban J connectivity index is 2.90. The Bertz CT molecular complexity index is 442. The monoisotopic (exact) mass is 278 g/mol. The van der Waals surface area contributed by atoms with Gasteiger partial charge in [0.05, 0.1) is 12.7 Å². The zero-order chi connectivity index (χ0) is 15.1. The maximum absolute atomic E-state index is 12.6. The molecule has 20 heavy (non-hydrogen) atoms. The van der Waals surface area contributed by atoms with Gasteiger partial charge in [-0.3, -0.25) is 4.79 Å². The van der Waals surface area contributed by atoms with Gasteiger partial charge in [0.25, 0.3) is 5.91 Å². The van der Waals surface area contributed by atoms with Gasteiger partial charge in [-0.25, -0.2) is 0 Å². The molecule has 0 atom stereocenters. The maximum Gasteiger partial charge on any atom is 0.255 e. The fraction of sp³-hybridized carbons (Fsp3) is 0.562. The van der Waals surface area contributed by atoms with Crippen molar-refractivity contribution in [3.63, 3.8) is 0 Å². The smallest absolute Gasteiger partial charge is 0.255 e. The summed E-state index contributed by atoms with van der Waals surface area (Å²) in [6, 6.07) is 5.21. The molecule has 0 saturated carbocycles. The lowest BCUT2D eigenvalue weighted by Crippen LogP contribution is -2.35. The highest BCUT2D eigenvalue weighted by atomic mass is 16.5. The van der Waals surface area contributed by atoms with Crippen molar-refractivity contribution in [2.75, 3.05) is 25.9 Å². The van der Waals surface area contributed by atoms with Gasteiger partial charge in [-0.15, -0.1) is 0 Å². The molecule has 0 unspecified atom stereocenters. The molecule has 0 heterocycles. The third-order valence-corrected chi connectivity index (χ3v) is 3.79. The Morgan fingerprint density at radius 3 is 2.40 bits per heavy atom. The lowest BCUT2D eigenvalue weighted by atomic mass is 10.0.